The molecule has 222 valence electrons. The minimum atomic E-state index is -1.43. The van der Waals surface area contributed by atoms with Crippen molar-refractivity contribution in [3.05, 3.63) is 65.7 Å². The van der Waals surface area contributed by atoms with Gasteiger partial charge in [0.2, 0.25) is 17.7 Å². The zero-order chi connectivity index (χ0) is 30.4. The molecule has 0 saturated heterocycles. The van der Waals surface area contributed by atoms with E-state index in [1.807, 2.05) is 0 Å². The first-order chi connectivity index (χ1) is 19.5. The van der Waals surface area contributed by atoms with Crippen molar-refractivity contribution in [1.82, 2.24) is 16.0 Å². The van der Waals surface area contributed by atoms with Crippen molar-refractivity contribution in [1.29, 1.82) is 0 Å². The topological polar surface area (TPSA) is 255 Å². The quantitative estimate of drug-likeness (QED) is 0.0613. The Labute approximate surface area is 237 Å². The Morgan fingerprint density at radius 3 is 1.90 bits per heavy atom. The van der Waals surface area contributed by atoms with Gasteiger partial charge in [0.15, 0.2) is 5.96 Å². The van der Waals surface area contributed by atoms with Gasteiger partial charge in [-0.25, -0.2) is 4.79 Å². The summed E-state index contributed by atoms with van der Waals surface area (Å²) >= 11 is 0. The Morgan fingerprint density at radius 2 is 1.32 bits per heavy atom. The fraction of sp³-hybridized carbons (Fsp3) is 0.370. The Hall–Kier alpha value is -4.69. The van der Waals surface area contributed by atoms with E-state index in [-0.39, 0.29) is 37.5 Å². The number of aromatic hydroxyl groups is 1. The van der Waals surface area contributed by atoms with E-state index in [1.54, 1.807) is 30.3 Å². The third kappa shape index (κ3) is 11.5. The van der Waals surface area contributed by atoms with Crippen LogP contribution >= 0.6 is 0 Å². The molecule has 4 unspecified atom stereocenters. The van der Waals surface area contributed by atoms with Gasteiger partial charge in [-0.3, -0.25) is 19.4 Å². The number of hydrogen-bond donors (Lipinski definition) is 9. The molecule has 14 heteroatoms. The van der Waals surface area contributed by atoms with Crippen molar-refractivity contribution in [3.63, 3.8) is 0 Å². The van der Waals surface area contributed by atoms with Crippen LogP contribution in [0.3, 0.4) is 0 Å². The summed E-state index contributed by atoms with van der Waals surface area (Å²) in [4.78, 5) is 54.5. The van der Waals surface area contributed by atoms with Gasteiger partial charge in [-0.2, -0.15) is 0 Å². The van der Waals surface area contributed by atoms with Gasteiger partial charge in [0.05, 0.1) is 12.6 Å². The number of amides is 3. The lowest BCUT2D eigenvalue weighted by atomic mass is 10.0. The largest absolute Gasteiger partial charge is 0.508 e. The molecule has 2 rings (SSSR count). The number of carbonyl (C=O) groups is 4. The van der Waals surface area contributed by atoms with Gasteiger partial charge in [-0.1, -0.05) is 42.5 Å². The van der Waals surface area contributed by atoms with Crippen molar-refractivity contribution in [3.8, 4) is 5.75 Å². The molecule has 0 aliphatic carbocycles. The van der Waals surface area contributed by atoms with Crippen LogP contribution < -0.4 is 33.2 Å². The minimum absolute atomic E-state index is 0.000359. The van der Waals surface area contributed by atoms with Gasteiger partial charge in [0.1, 0.15) is 23.9 Å². The molecule has 0 bridgehead atoms. The van der Waals surface area contributed by atoms with E-state index >= 15 is 0 Å². The summed E-state index contributed by atoms with van der Waals surface area (Å²) in [5, 5.41) is 36.3. The van der Waals surface area contributed by atoms with E-state index in [9.17, 15) is 34.5 Å². The normalized spacial score (nSPS) is 13.6. The highest BCUT2D eigenvalue weighted by molar-refractivity contribution is 5.94. The number of guanidine groups is 1. The lowest BCUT2D eigenvalue weighted by Crippen LogP contribution is -2.58. The van der Waals surface area contributed by atoms with Gasteiger partial charge >= 0.3 is 5.97 Å². The Bertz CT molecular complexity index is 1190. The lowest BCUT2D eigenvalue weighted by molar-refractivity contribution is -0.142. The molecular weight excluding hydrogens is 534 g/mol. The predicted molar refractivity (Wildman–Crippen MR) is 150 cm³/mol. The number of aliphatic hydroxyl groups is 1. The number of carboxylic acids is 1. The summed E-state index contributed by atoms with van der Waals surface area (Å²) in [5.41, 5.74) is 17.6. The molecule has 2 aromatic carbocycles. The summed E-state index contributed by atoms with van der Waals surface area (Å²) in [6.45, 7) is -0.524. The minimum Gasteiger partial charge on any atom is -0.508 e. The van der Waals surface area contributed by atoms with Crippen molar-refractivity contribution >= 4 is 29.7 Å². The first kappa shape index (κ1) is 32.5. The fourth-order valence-electron chi connectivity index (χ4n) is 3.79. The first-order valence-corrected chi connectivity index (χ1v) is 12.9. The summed E-state index contributed by atoms with van der Waals surface area (Å²) in [5.74, 6) is -3.74. The molecule has 0 fully saturated rings. The summed E-state index contributed by atoms with van der Waals surface area (Å²) in [7, 11) is 0. The molecule has 12 N–H and O–H groups in total. The number of aliphatic hydroxyl groups excluding tert-OH is 1. The number of nitrogens with zero attached hydrogens (tertiary/aromatic N) is 1. The summed E-state index contributed by atoms with van der Waals surface area (Å²) in [6.07, 6.45) is 0.528. The number of nitrogens with two attached hydrogens (primary N) is 3. The number of phenols is 1. The molecule has 0 saturated carbocycles. The molecule has 0 aliphatic rings. The van der Waals surface area contributed by atoms with Gasteiger partial charge in [0.25, 0.3) is 0 Å². The first-order valence-electron chi connectivity index (χ1n) is 12.9. The molecule has 14 nitrogen and oxygen atoms in total. The number of aliphatic imine (C=N–C) groups is 1. The molecule has 0 aromatic heterocycles. The lowest BCUT2D eigenvalue weighted by Gasteiger charge is -2.24. The number of benzene rings is 2. The smallest absolute Gasteiger partial charge is 0.326 e. The van der Waals surface area contributed by atoms with Crippen LogP contribution in [0.2, 0.25) is 0 Å². The number of nitrogens with one attached hydrogen (secondary N) is 3. The molecule has 0 aliphatic heterocycles. The fourth-order valence-corrected chi connectivity index (χ4v) is 3.79. The maximum absolute atomic E-state index is 13.3. The molecule has 0 spiro atoms. The van der Waals surface area contributed by atoms with Crippen molar-refractivity contribution in [2.75, 3.05) is 13.2 Å². The average Bonchev–Trinajstić information content (AvgIpc) is 2.94. The van der Waals surface area contributed by atoms with E-state index in [0.717, 1.165) is 0 Å². The Kier molecular flexibility index (Phi) is 13.0. The molecule has 4 atom stereocenters. The molecular formula is C27H37N7O7. The molecule has 0 radical (unpaired) electrons. The second kappa shape index (κ2) is 16.4. The highest BCUT2D eigenvalue weighted by atomic mass is 16.4. The molecule has 0 heterocycles. The van der Waals surface area contributed by atoms with Crippen LogP contribution in [-0.2, 0) is 32.0 Å². The van der Waals surface area contributed by atoms with Crippen molar-refractivity contribution in [2.24, 2.45) is 22.2 Å². The molecule has 3 amide bonds. The monoisotopic (exact) mass is 571 g/mol. The predicted octanol–water partition coefficient (Wildman–Crippen LogP) is -1.91. The summed E-state index contributed by atoms with van der Waals surface area (Å²) < 4.78 is 0. The number of hydrogen-bond acceptors (Lipinski definition) is 8. The van der Waals surface area contributed by atoms with E-state index in [1.165, 1.54) is 24.3 Å². The number of carboxylic acid groups (broad SMARTS) is 1. The Balaban J connectivity index is 2.12. The molecule has 41 heavy (non-hydrogen) atoms. The maximum atomic E-state index is 13.3. The highest BCUT2D eigenvalue weighted by Gasteiger charge is 2.30. The second-order valence-electron chi connectivity index (χ2n) is 9.32. The van der Waals surface area contributed by atoms with Crippen LogP contribution in [0.1, 0.15) is 24.0 Å². The van der Waals surface area contributed by atoms with Crippen molar-refractivity contribution in [2.45, 2.75) is 49.9 Å². The van der Waals surface area contributed by atoms with E-state index in [2.05, 4.69) is 20.9 Å². The zero-order valence-corrected chi connectivity index (χ0v) is 22.4. The van der Waals surface area contributed by atoms with Crippen LogP contribution in [-0.4, -0.2) is 82.3 Å². The van der Waals surface area contributed by atoms with Crippen LogP contribution in [0.25, 0.3) is 0 Å². The number of aliphatic carboxylic acids is 1. The third-order valence-corrected chi connectivity index (χ3v) is 6.03. The van der Waals surface area contributed by atoms with Gasteiger partial charge in [-0.05, 0) is 36.1 Å². The van der Waals surface area contributed by atoms with E-state index < -0.39 is 54.5 Å². The third-order valence-electron chi connectivity index (χ3n) is 6.03. The van der Waals surface area contributed by atoms with E-state index in [4.69, 9.17) is 17.2 Å². The second-order valence-corrected chi connectivity index (χ2v) is 9.32. The van der Waals surface area contributed by atoms with Gasteiger partial charge < -0.3 is 48.5 Å². The number of phenolic OH excluding ortho intramolecular Hbond substituents is 1. The van der Waals surface area contributed by atoms with Crippen LogP contribution in [0.5, 0.6) is 5.75 Å². The van der Waals surface area contributed by atoms with Gasteiger partial charge in [-0.15, -0.1) is 0 Å². The van der Waals surface area contributed by atoms with Crippen LogP contribution in [0.4, 0.5) is 0 Å². The number of rotatable bonds is 16. The zero-order valence-electron chi connectivity index (χ0n) is 22.4. The standard InChI is InChI=1S/C27H37N7O7/c28-19(7-4-12-31-27(29)30)23(37)34-22(15-35)25(39)32-20(13-16-5-2-1-3-6-16)24(38)33-21(26(40)41)14-17-8-10-18(36)11-9-17/h1-3,5-6,8-11,19-22,35-36H,4,7,12-15,28H2,(H,32,39)(H,33,38)(H,34,37)(H,40,41)(H4,29,30,31). The number of carbonyl (C=O) groups excluding carboxylic acids is 3. The van der Waals surface area contributed by atoms with Crippen LogP contribution in [0.15, 0.2) is 59.6 Å². The van der Waals surface area contributed by atoms with Crippen LogP contribution in [0, 0.1) is 0 Å². The Morgan fingerprint density at radius 1 is 0.780 bits per heavy atom. The highest BCUT2D eigenvalue weighted by Crippen LogP contribution is 2.12. The SMILES string of the molecule is NC(N)=NCCCC(N)C(=O)NC(CO)C(=O)NC(Cc1ccccc1)C(=O)NC(Cc1ccc(O)cc1)C(=O)O. The maximum Gasteiger partial charge on any atom is 0.326 e. The van der Waals surface area contributed by atoms with Gasteiger partial charge in [0, 0.05) is 19.4 Å². The average molecular weight is 572 g/mol. The summed E-state index contributed by atoms with van der Waals surface area (Å²) in [6, 6.07) is 9.53. The van der Waals surface area contributed by atoms with E-state index in [0.29, 0.717) is 17.5 Å². The molecule has 2 aromatic rings. The van der Waals surface area contributed by atoms with Crippen molar-refractivity contribution < 1.29 is 34.5 Å².